The maximum Gasteiger partial charge on any atom is 0.338 e. The normalized spacial score (nSPS) is 19.1. The van der Waals surface area contributed by atoms with Gasteiger partial charge in [0.2, 0.25) is 5.91 Å². The van der Waals surface area contributed by atoms with E-state index in [0.29, 0.717) is 6.42 Å². The molecule has 1 aromatic carbocycles. The van der Waals surface area contributed by atoms with Crippen molar-refractivity contribution in [3.8, 4) is 0 Å². The largest absolute Gasteiger partial charge is 0.454 e. The van der Waals surface area contributed by atoms with Crippen LogP contribution in [0, 0.1) is 0 Å². The summed E-state index contributed by atoms with van der Waals surface area (Å²) in [6, 6.07) is 10.2. The zero-order valence-corrected chi connectivity index (χ0v) is 12.1. The van der Waals surface area contributed by atoms with E-state index in [1.165, 1.54) is 5.56 Å². The highest BCUT2D eigenvalue weighted by Gasteiger charge is 2.34. The minimum Gasteiger partial charge on any atom is -0.454 e. The Kier molecular flexibility index (Phi) is 5.55. The summed E-state index contributed by atoms with van der Waals surface area (Å²) in [5, 5.41) is 0. The van der Waals surface area contributed by atoms with E-state index in [1.54, 1.807) is 0 Å². The Morgan fingerprint density at radius 1 is 1.24 bits per heavy atom. The summed E-state index contributed by atoms with van der Waals surface area (Å²) in [4.78, 5) is 22.1. The van der Waals surface area contributed by atoms with E-state index in [0.717, 1.165) is 37.7 Å². The molecule has 1 fully saturated rings. The number of allylic oxidation sites excluding steroid dienone is 1. The number of unbranched alkanes of at least 4 members (excludes halogenated alkanes) is 2. The van der Waals surface area contributed by atoms with Gasteiger partial charge in [-0.15, -0.1) is 0 Å². The van der Waals surface area contributed by atoms with Crippen molar-refractivity contribution >= 4 is 11.9 Å². The van der Waals surface area contributed by atoms with Gasteiger partial charge in [0.1, 0.15) is 6.10 Å². The first-order valence-corrected chi connectivity index (χ1v) is 7.40. The first-order valence-electron chi connectivity index (χ1n) is 7.40. The molecule has 2 rings (SSSR count). The zero-order valence-electron chi connectivity index (χ0n) is 12.1. The third-order valence-corrected chi connectivity index (χ3v) is 3.61. The Morgan fingerprint density at radius 2 is 2.00 bits per heavy atom. The van der Waals surface area contributed by atoms with Crippen molar-refractivity contribution in [2.75, 3.05) is 0 Å². The van der Waals surface area contributed by atoms with Crippen molar-refractivity contribution in [1.82, 2.24) is 0 Å². The van der Waals surface area contributed by atoms with E-state index in [2.05, 4.69) is 12.1 Å². The molecule has 1 aromatic rings. The lowest BCUT2D eigenvalue weighted by molar-refractivity contribution is -0.156. The van der Waals surface area contributed by atoms with Crippen LogP contribution in [0.15, 0.2) is 42.0 Å². The van der Waals surface area contributed by atoms with Gasteiger partial charge in [0.25, 0.3) is 0 Å². The lowest BCUT2D eigenvalue weighted by Crippen LogP contribution is -2.37. The molecule has 0 aliphatic carbocycles. The van der Waals surface area contributed by atoms with Gasteiger partial charge in [-0.1, -0.05) is 36.4 Å². The van der Waals surface area contributed by atoms with Crippen molar-refractivity contribution in [1.29, 1.82) is 0 Å². The van der Waals surface area contributed by atoms with E-state index in [9.17, 15) is 9.59 Å². The molecular weight excluding hydrogens is 266 g/mol. The van der Waals surface area contributed by atoms with Crippen molar-refractivity contribution in [3.05, 3.63) is 47.5 Å². The molecule has 21 heavy (non-hydrogen) atoms. The number of benzene rings is 1. The molecule has 0 spiro atoms. The van der Waals surface area contributed by atoms with E-state index < -0.39 is 0 Å². The molecular formula is C17H21NO3. The van der Waals surface area contributed by atoms with Crippen molar-refractivity contribution in [3.63, 3.8) is 0 Å². The summed E-state index contributed by atoms with van der Waals surface area (Å²) in [6.07, 6.45) is 6.43. The third-order valence-electron chi connectivity index (χ3n) is 3.61. The first-order chi connectivity index (χ1) is 10.2. The van der Waals surface area contributed by atoms with Crippen LogP contribution in [0.5, 0.6) is 0 Å². The SMILES string of the molecule is NC(=O)CCCC/C=C1\C(=O)O[C@@H]1CCc1ccccc1. The topological polar surface area (TPSA) is 69.4 Å². The van der Waals surface area contributed by atoms with Gasteiger partial charge in [0.05, 0.1) is 5.57 Å². The molecule has 0 saturated carbocycles. The number of esters is 1. The zero-order chi connectivity index (χ0) is 15.1. The average molecular weight is 287 g/mol. The number of hydrogen-bond acceptors (Lipinski definition) is 3. The minimum atomic E-state index is -0.272. The predicted molar refractivity (Wildman–Crippen MR) is 80.4 cm³/mol. The number of aryl methyl sites for hydroxylation is 1. The van der Waals surface area contributed by atoms with Crippen molar-refractivity contribution in [2.45, 2.75) is 44.6 Å². The van der Waals surface area contributed by atoms with E-state index >= 15 is 0 Å². The quantitative estimate of drug-likeness (QED) is 0.454. The number of rotatable bonds is 8. The molecule has 112 valence electrons. The highest BCUT2D eigenvalue weighted by Crippen LogP contribution is 2.26. The van der Waals surface area contributed by atoms with Crippen molar-refractivity contribution in [2.24, 2.45) is 5.73 Å². The summed E-state index contributed by atoms with van der Waals surface area (Å²) in [5.41, 5.74) is 7.12. The second-order valence-electron chi connectivity index (χ2n) is 5.29. The number of carbonyl (C=O) groups excluding carboxylic acids is 2. The van der Waals surface area contributed by atoms with Crippen LogP contribution in [0.2, 0.25) is 0 Å². The van der Waals surface area contributed by atoms with Crippen LogP contribution in [-0.2, 0) is 20.7 Å². The van der Waals surface area contributed by atoms with Crippen LogP contribution in [0.4, 0.5) is 0 Å². The smallest absolute Gasteiger partial charge is 0.338 e. The Hall–Kier alpha value is -2.10. The number of nitrogens with two attached hydrogens (primary N) is 1. The van der Waals surface area contributed by atoms with Crippen LogP contribution in [-0.4, -0.2) is 18.0 Å². The molecule has 4 nitrogen and oxygen atoms in total. The van der Waals surface area contributed by atoms with Crippen LogP contribution in [0.1, 0.15) is 37.7 Å². The molecule has 1 aliphatic heterocycles. The van der Waals surface area contributed by atoms with Crippen LogP contribution in [0.3, 0.4) is 0 Å². The van der Waals surface area contributed by atoms with Gasteiger partial charge >= 0.3 is 5.97 Å². The molecule has 1 saturated heterocycles. The van der Waals surface area contributed by atoms with Gasteiger partial charge in [0.15, 0.2) is 0 Å². The van der Waals surface area contributed by atoms with E-state index in [-0.39, 0.29) is 18.0 Å². The monoisotopic (exact) mass is 287 g/mol. The fraction of sp³-hybridized carbons (Fsp3) is 0.412. The predicted octanol–water partition coefficient (Wildman–Crippen LogP) is 2.52. The number of primary amides is 1. The Bertz CT molecular complexity index is 522. The number of carbonyl (C=O) groups is 2. The summed E-state index contributed by atoms with van der Waals surface area (Å²) in [6.45, 7) is 0. The van der Waals surface area contributed by atoms with Gasteiger partial charge in [-0.25, -0.2) is 4.79 Å². The van der Waals surface area contributed by atoms with Gasteiger partial charge in [-0.3, -0.25) is 4.79 Å². The van der Waals surface area contributed by atoms with Crippen LogP contribution >= 0.6 is 0 Å². The Morgan fingerprint density at radius 3 is 2.67 bits per heavy atom. The lowest BCUT2D eigenvalue weighted by Gasteiger charge is -2.29. The Balaban J connectivity index is 1.74. The third kappa shape index (κ3) is 4.74. The van der Waals surface area contributed by atoms with E-state index in [1.807, 2.05) is 24.3 Å². The standard InChI is InChI=1S/C17H21NO3/c18-16(19)10-6-2-5-9-14-15(21-17(14)20)12-11-13-7-3-1-4-8-13/h1,3-4,7-9,15H,2,5-6,10-12H2,(H2,18,19)/b14-9-/t15-/m1/s1. The summed E-state index contributed by atoms with van der Waals surface area (Å²) < 4.78 is 5.19. The molecule has 1 amide bonds. The first kappa shape index (κ1) is 15.3. The highest BCUT2D eigenvalue weighted by molar-refractivity contribution is 5.95. The molecule has 0 radical (unpaired) electrons. The van der Waals surface area contributed by atoms with Crippen LogP contribution < -0.4 is 5.73 Å². The number of ether oxygens (including phenoxy) is 1. The van der Waals surface area contributed by atoms with Gasteiger partial charge < -0.3 is 10.5 Å². The maximum atomic E-state index is 11.5. The highest BCUT2D eigenvalue weighted by atomic mass is 16.6. The molecule has 1 aliphatic rings. The second kappa shape index (κ2) is 7.62. The summed E-state index contributed by atoms with van der Waals surface area (Å²) >= 11 is 0. The fourth-order valence-electron chi connectivity index (χ4n) is 2.41. The van der Waals surface area contributed by atoms with Gasteiger partial charge in [-0.05, 0) is 37.7 Å². The maximum absolute atomic E-state index is 11.5. The average Bonchev–Trinajstić information content (AvgIpc) is 2.47. The molecule has 0 bridgehead atoms. The number of hydrogen-bond donors (Lipinski definition) is 1. The summed E-state index contributed by atoms with van der Waals surface area (Å²) in [5.74, 6) is -0.477. The lowest BCUT2D eigenvalue weighted by atomic mass is 9.96. The Labute approximate surface area is 125 Å². The van der Waals surface area contributed by atoms with Gasteiger partial charge in [-0.2, -0.15) is 0 Å². The molecule has 1 atom stereocenters. The van der Waals surface area contributed by atoms with E-state index in [4.69, 9.17) is 10.5 Å². The van der Waals surface area contributed by atoms with Crippen molar-refractivity contribution < 1.29 is 14.3 Å². The molecule has 0 unspecified atom stereocenters. The van der Waals surface area contributed by atoms with Crippen LogP contribution in [0.25, 0.3) is 0 Å². The minimum absolute atomic E-state index is 0.0751. The summed E-state index contributed by atoms with van der Waals surface area (Å²) in [7, 11) is 0. The second-order valence-corrected chi connectivity index (χ2v) is 5.29. The molecule has 1 heterocycles. The number of cyclic esters (lactones) is 1. The number of amides is 1. The molecule has 2 N–H and O–H groups in total. The van der Waals surface area contributed by atoms with Gasteiger partial charge in [0, 0.05) is 6.42 Å². The molecule has 4 heteroatoms. The fourth-order valence-corrected chi connectivity index (χ4v) is 2.41. The molecule has 0 aromatic heterocycles.